The summed E-state index contributed by atoms with van der Waals surface area (Å²) < 4.78 is 2.29. The Morgan fingerprint density at radius 1 is 1.11 bits per heavy atom. The van der Waals surface area contributed by atoms with Crippen LogP contribution in [-0.2, 0) is 6.54 Å². The summed E-state index contributed by atoms with van der Waals surface area (Å²) in [5.41, 5.74) is 3.37. The highest BCUT2D eigenvalue weighted by molar-refractivity contribution is 9.10. The van der Waals surface area contributed by atoms with E-state index >= 15 is 0 Å². The van der Waals surface area contributed by atoms with E-state index in [9.17, 15) is 9.59 Å². The van der Waals surface area contributed by atoms with Gasteiger partial charge in [-0.05, 0) is 24.6 Å². The first-order chi connectivity index (χ1) is 13.0. The van der Waals surface area contributed by atoms with Crippen molar-refractivity contribution in [1.29, 1.82) is 0 Å². The zero-order chi connectivity index (χ0) is 19.0. The molecule has 4 nitrogen and oxygen atoms in total. The number of benzene rings is 2. The quantitative estimate of drug-likeness (QED) is 0.417. The Morgan fingerprint density at radius 2 is 1.81 bits per heavy atom. The van der Waals surface area contributed by atoms with Crippen molar-refractivity contribution in [1.82, 2.24) is 9.55 Å². The van der Waals surface area contributed by atoms with Gasteiger partial charge in [-0.3, -0.25) is 14.2 Å². The number of hydrogen-bond donors (Lipinski definition) is 0. The SMILES string of the molecule is Cc1ccc(-c2csc3ncn(CC(=O)c4ccc(Br)cc4)c(=O)c23)cc1. The zero-order valence-corrected chi connectivity index (χ0v) is 16.9. The van der Waals surface area contributed by atoms with Gasteiger partial charge in [0.05, 0.1) is 18.3 Å². The number of halogens is 1. The second-order valence-corrected chi connectivity index (χ2v) is 8.08. The van der Waals surface area contributed by atoms with Crippen molar-refractivity contribution in [3.8, 4) is 11.1 Å². The van der Waals surface area contributed by atoms with Crippen LogP contribution in [0.1, 0.15) is 15.9 Å². The van der Waals surface area contributed by atoms with Crippen molar-refractivity contribution in [2.24, 2.45) is 0 Å². The molecule has 2 aromatic heterocycles. The molecule has 4 rings (SSSR count). The molecule has 2 heterocycles. The first-order valence-electron chi connectivity index (χ1n) is 8.35. The highest BCUT2D eigenvalue weighted by atomic mass is 79.9. The molecule has 0 bridgehead atoms. The molecule has 0 aliphatic carbocycles. The van der Waals surface area contributed by atoms with E-state index in [4.69, 9.17) is 0 Å². The molecule has 0 saturated heterocycles. The van der Waals surface area contributed by atoms with Gasteiger partial charge in [0.25, 0.3) is 5.56 Å². The highest BCUT2D eigenvalue weighted by Gasteiger charge is 2.15. The van der Waals surface area contributed by atoms with Crippen molar-refractivity contribution in [2.45, 2.75) is 13.5 Å². The fourth-order valence-corrected chi connectivity index (χ4v) is 4.08. The third kappa shape index (κ3) is 3.50. The number of fused-ring (bicyclic) bond motifs is 1. The minimum atomic E-state index is -0.192. The number of rotatable bonds is 4. The van der Waals surface area contributed by atoms with E-state index in [1.165, 1.54) is 22.2 Å². The molecule has 2 aromatic carbocycles. The van der Waals surface area contributed by atoms with Gasteiger partial charge in [-0.2, -0.15) is 0 Å². The summed E-state index contributed by atoms with van der Waals surface area (Å²) in [6.45, 7) is 1.99. The molecule has 27 heavy (non-hydrogen) atoms. The van der Waals surface area contributed by atoms with Gasteiger partial charge in [-0.1, -0.05) is 57.9 Å². The summed E-state index contributed by atoms with van der Waals surface area (Å²) in [7, 11) is 0. The fraction of sp³-hybridized carbons (Fsp3) is 0.0952. The second kappa shape index (κ2) is 7.21. The van der Waals surface area contributed by atoms with Crippen molar-refractivity contribution in [3.05, 3.63) is 86.2 Å². The van der Waals surface area contributed by atoms with Crippen LogP contribution < -0.4 is 5.56 Å². The second-order valence-electron chi connectivity index (χ2n) is 6.30. The normalized spacial score (nSPS) is 11.0. The lowest BCUT2D eigenvalue weighted by molar-refractivity contribution is 0.0970. The summed E-state index contributed by atoms with van der Waals surface area (Å²) in [4.78, 5) is 30.7. The molecule has 0 saturated carbocycles. The van der Waals surface area contributed by atoms with E-state index < -0.39 is 0 Å². The number of ketones is 1. The zero-order valence-electron chi connectivity index (χ0n) is 14.5. The molecule has 134 valence electrons. The smallest absolute Gasteiger partial charge is 0.263 e. The molecule has 0 radical (unpaired) electrons. The Balaban J connectivity index is 1.74. The average Bonchev–Trinajstić information content (AvgIpc) is 3.10. The Morgan fingerprint density at radius 3 is 2.52 bits per heavy atom. The number of carbonyl (C=O) groups excluding carboxylic acids is 1. The molecule has 4 aromatic rings. The summed E-state index contributed by atoms with van der Waals surface area (Å²) in [6, 6.07) is 15.1. The van der Waals surface area contributed by atoms with Crippen LogP contribution in [0.2, 0.25) is 0 Å². The Bertz CT molecular complexity index is 1190. The lowest BCUT2D eigenvalue weighted by atomic mass is 10.1. The average molecular weight is 439 g/mol. The van der Waals surface area contributed by atoms with Crippen LogP contribution in [0, 0.1) is 6.92 Å². The van der Waals surface area contributed by atoms with Gasteiger partial charge in [0.1, 0.15) is 4.83 Å². The molecular weight excluding hydrogens is 424 g/mol. The Labute approximate surface area is 168 Å². The first kappa shape index (κ1) is 17.8. The largest absolute Gasteiger partial charge is 0.292 e. The topological polar surface area (TPSA) is 52.0 Å². The third-order valence-electron chi connectivity index (χ3n) is 4.40. The number of carbonyl (C=O) groups is 1. The molecule has 0 amide bonds. The van der Waals surface area contributed by atoms with Crippen LogP contribution in [0.3, 0.4) is 0 Å². The highest BCUT2D eigenvalue weighted by Crippen LogP contribution is 2.30. The van der Waals surface area contributed by atoms with Gasteiger partial charge < -0.3 is 0 Å². The Hall–Kier alpha value is -2.57. The molecule has 0 unspecified atom stereocenters. The summed E-state index contributed by atoms with van der Waals surface area (Å²) >= 11 is 4.79. The molecule has 0 fully saturated rings. The maximum absolute atomic E-state index is 13.0. The van der Waals surface area contributed by atoms with E-state index in [0.29, 0.717) is 15.8 Å². The van der Waals surface area contributed by atoms with E-state index in [1.807, 2.05) is 48.7 Å². The van der Waals surface area contributed by atoms with Gasteiger partial charge in [-0.15, -0.1) is 11.3 Å². The fourth-order valence-electron chi connectivity index (χ4n) is 2.91. The van der Waals surface area contributed by atoms with E-state index in [2.05, 4.69) is 20.9 Å². The van der Waals surface area contributed by atoms with E-state index in [1.54, 1.807) is 12.1 Å². The molecule has 0 N–H and O–H groups in total. The number of aryl methyl sites for hydroxylation is 1. The lowest BCUT2D eigenvalue weighted by Crippen LogP contribution is -2.24. The molecule has 0 aliphatic rings. The monoisotopic (exact) mass is 438 g/mol. The van der Waals surface area contributed by atoms with Gasteiger partial charge in [0.15, 0.2) is 5.78 Å². The Kier molecular flexibility index (Phi) is 4.76. The van der Waals surface area contributed by atoms with E-state index in [-0.39, 0.29) is 17.9 Å². The van der Waals surface area contributed by atoms with Gasteiger partial charge in [0, 0.05) is 21.0 Å². The van der Waals surface area contributed by atoms with Crippen LogP contribution >= 0.6 is 27.3 Å². The predicted molar refractivity (Wildman–Crippen MR) is 113 cm³/mol. The maximum atomic E-state index is 13.0. The van der Waals surface area contributed by atoms with Crippen LogP contribution in [0.15, 0.2) is 69.5 Å². The predicted octanol–water partition coefficient (Wildman–Crippen LogP) is 5.08. The summed E-state index contributed by atoms with van der Waals surface area (Å²) in [6.07, 6.45) is 1.46. The molecular formula is C21H15BrN2O2S. The van der Waals surface area contributed by atoms with Crippen LogP contribution in [0.5, 0.6) is 0 Å². The lowest BCUT2D eigenvalue weighted by Gasteiger charge is -2.06. The van der Waals surface area contributed by atoms with Gasteiger partial charge in [0.2, 0.25) is 0 Å². The first-order valence-corrected chi connectivity index (χ1v) is 10.0. The van der Waals surface area contributed by atoms with Gasteiger partial charge >= 0.3 is 0 Å². The minimum Gasteiger partial charge on any atom is -0.292 e. The summed E-state index contributed by atoms with van der Waals surface area (Å²) in [5, 5.41) is 2.51. The molecule has 6 heteroatoms. The standard InChI is InChI=1S/C21H15BrN2O2S/c1-13-2-4-14(5-3-13)17-11-27-20-19(17)21(26)24(12-23-20)10-18(25)15-6-8-16(22)9-7-15/h2-9,11-12H,10H2,1H3. The van der Waals surface area contributed by atoms with Crippen molar-refractivity contribution in [2.75, 3.05) is 0 Å². The number of thiophene rings is 1. The molecule has 0 atom stereocenters. The van der Waals surface area contributed by atoms with E-state index in [0.717, 1.165) is 21.2 Å². The maximum Gasteiger partial charge on any atom is 0.263 e. The molecule has 0 aliphatic heterocycles. The number of hydrogen-bond acceptors (Lipinski definition) is 4. The van der Waals surface area contributed by atoms with Crippen molar-refractivity contribution in [3.63, 3.8) is 0 Å². The number of Topliss-reactive ketones (excluding diaryl/α,β-unsaturated/α-hetero) is 1. The minimum absolute atomic E-state index is 0.0351. The summed E-state index contributed by atoms with van der Waals surface area (Å²) in [5.74, 6) is -0.127. The van der Waals surface area contributed by atoms with Gasteiger partial charge in [-0.25, -0.2) is 4.98 Å². The van der Waals surface area contributed by atoms with Crippen molar-refractivity contribution >= 4 is 43.3 Å². The molecule has 0 spiro atoms. The van der Waals surface area contributed by atoms with Crippen molar-refractivity contribution < 1.29 is 4.79 Å². The van der Waals surface area contributed by atoms with Crippen LogP contribution in [-0.4, -0.2) is 15.3 Å². The number of nitrogens with zero attached hydrogens (tertiary/aromatic N) is 2. The van der Waals surface area contributed by atoms with Crippen LogP contribution in [0.4, 0.5) is 0 Å². The third-order valence-corrected chi connectivity index (χ3v) is 5.82. The number of aromatic nitrogens is 2. The van der Waals surface area contributed by atoms with Crippen LogP contribution in [0.25, 0.3) is 21.3 Å².